The van der Waals surface area contributed by atoms with Gasteiger partial charge in [-0.2, -0.15) is 0 Å². The lowest BCUT2D eigenvalue weighted by atomic mass is 10.0. The quantitative estimate of drug-likeness (QED) is 0.363. The van der Waals surface area contributed by atoms with Crippen LogP contribution >= 0.6 is 0 Å². The van der Waals surface area contributed by atoms with Crippen molar-refractivity contribution >= 4 is 22.6 Å². The number of carbonyl (C=O) groups is 1. The number of anilines is 1. The van der Waals surface area contributed by atoms with Crippen molar-refractivity contribution in [2.75, 3.05) is 19.0 Å². The monoisotopic (exact) mass is 469 g/mol. The number of hydrogen-bond acceptors (Lipinski definition) is 3. The van der Waals surface area contributed by atoms with Gasteiger partial charge in [-0.25, -0.2) is 4.79 Å². The summed E-state index contributed by atoms with van der Waals surface area (Å²) in [4.78, 5) is 30.9. The van der Waals surface area contributed by atoms with Crippen LogP contribution in [0.5, 0.6) is 5.75 Å². The molecule has 35 heavy (non-hydrogen) atoms. The number of carbonyl (C=O) groups excluding carboxylic acids is 1. The van der Waals surface area contributed by atoms with E-state index in [1.54, 1.807) is 36.3 Å². The van der Waals surface area contributed by atoms with Crippen molar-refractivity contribution < 1.29 is 9.53 Å². The van der Waals surface area contributed by atoms with Crippen molar-refractivity contribution in [1.82, 2.24) is 9.88 Å². The molecule has 6 nitrogen and oxygen atoms in total. The fourth-order valence-electron chi connectivity index (χ4n) is 4.12. The molecule has 2 N–H and O–H groups in total. The van der Waals surface area contributed by atoms with Crippen molar-refractivity contribution in [2.24, 2.45) is 0 Å². The van der Waals surface area contributed by atoms with E-state index in [-0.39, 0.29) is 18.1 Å². The Hall–Kier alpha value is -4.06. The minimum absolute atomic E-state index is 0.182. The van der Waals surface area contributed by atoms with E-state index in [1.807, 2.05) is 31.2 Å². The second-order valence-electron chi connectivity index (χ2n) is 8.90. The molecule has 0 radical (unpaired) electrons. The van der Waals surface area contributed by atoms with Gasteiger partial charge >= 0.3 is 6.03 Å². The third-order valence-corrected chi connectivity index (χ3v) is 6.44. The van der Waals surface area contributed by atoms with Crippen molar-refractivity contribution in [3.8, 4) is 5.75 Å². The summed E-state index contributed by atoms with van der Waals surface area (Å²) in [7, 11) is 1.60. The lowest BCUT2D eigenvalue weighted by Gasteiger charge is -2.24. The molecule has 0 aliphatic heterocycles. The Kier molecular flexibility index (Phi) is 7.20. The molecule has 0 aliphatic rings. The molecule has 3 aromatic carbocycles. The Balaban J connectivity index is 1.61. The maximum Gasteiger partial charge on any atom is 0.322 e. The molecule has 4 rings (SSSR count). The molecule has 6 heteroatoms. The highest BCUT2D eigenvalue weighted by Crippen LogP contribution is 2.19. The first kappa shape index (κ1) is 24.1. The van der Waals surface area contributed by atoms with Crippen LogP contribution in [0.3, 0.4) is 0 Å². The first-order chi connectivity index (χ1) is 16.8. The molecular weight excluding hydrogens is 438 g/mol. The smallest absolute Gasteiger partial charge is 0.322 e. The molecule has 0 unspecified atom stereocenters. The van der Waals surface area contributed by atoms with Gasteiger partial charge < -0.3 is 19.9 Å². The minimum Gasteiger partial charge on any atom is -0.497 e. The van der Waals surface area contributed by atoms with Crippen LogP contribution in [0.4, 0.5) is 10.5 Å². The topological polar surface area (TPSA) is 74.4 Å². The average molecular weight is 470 g/mol. The molecule has 2 amide bonds. The van der Waals surface area contributed by atoms with E-state index in [0.717, 1.165) is 22.0 Å². The van der Waals surface area contributed by atoms with Crippen LogP contribution in [-0.2, 0) is 13.0 Å². The number of rotatable bonds is 7. The summed E-state index contributed by atoms with van der Waals surface area (Å²) >= 11 is 0. The molecule has 180 valence electrons. The largest absolute Gasteiger partial charge is 0.497 e. The van der Waals surface area contributed by atoms with Gasteiger partial charge in [-0.15, -0.1) is 0 Å². The molecule has 1 heterocycles. The normalized spacial score (nSPS) is 10.9. The number of H-pyrrole nitrogens is 1. The Morgan fingerprint density at radius 1 is 0.914 bits per heavy atom. The van der Waals surface area contributed by atoms with Gasteiger partial charge in [0.1, 0.15) is 5.75 Å². The summed E-state index contributed by atoms with van der Waals surface area (Å²) in [5.41, 5.74) is 6.47. The zero-order valence-electron chi connectivity index (χ0n) is 20.6. The van der Waals surface area contributed by atoms with Gasteiger partial charge in [-0.05, 0) is 97.3 Å². The van der Waals surface area contributed by atoms with Gasteiger partial charge in [0.15, 0.2) is 0 Å². The summed E-state index contributed by atoms with van der Waals surface area (Å²) in [5, 5.41) is 3.91. The van der Waals surface area contributed by atoms with Gasteiger partial charge in [0.05, 0.1) is 13.7 Å². The molecule has 1 aromatic heterocycles. The third kappa shape index (κ3) is 5.72. The molecule has 0 aliphatic carbocycles. The number of amides is 2. The maximum atomic E-state index is 13.3. The Morgan fingerprint density at radius 3 is 2.34 bits per heavy atom. The summed E-state index contributed by atoms with van der Waals surface area (Å²) < 4.78 is 5.20. The van der Waals surface area contributed by atoms with Crippen molar-refractivity contribution in [3.05, 3.63) is 105 Å². The number of aromatic nitrogens is 1. The van der Waals surface area contributed by atoms with Crippen LogP contribution in [0.15, 0.2) is 71.5 Å². The maximum absolute atomic E-state index is 13.3. The van der Waals surface area contributed by atoms with Crippen molar-refractivity contribution in [3.63, 3.8) is 0 Å². The number of pyridine rings is 1. The third-order valence-electron chi connectivity index (χ3n) is 6.44. The van der Waals surface area contributed by atoms with Crippen LogP contribution in [0.2, 0.25) is 0 Å². The van der Waals surface area contributed by atoms with Crippen LogP contribution in [0.25, 0.3) is 10.9 Å². The number of nitrogens with one attached hydrogen (secondary N) is 2. The number of ether oxygens (including phenoxy) is 1. The van der Waals surface area contributed by atoms with Crippen LogP contribution in [0, 0.1) is 20.8 Å². The molecule has 0 atom stereocenters. The van der Waals surface area contributed by atoms with Gasteiger partial charge in [0.25, 0.3) is 5.56 Å². The van der Waals surface area contributed by atoms with Crippen molar-refractivity contribution in [2.45, 2.75) is 33.7 Å². The molecule has 0 fully saturated rings. The fourth-order valence-corrected chi connectivity index (χ4v) is 4.12. The van der Waals surface area contributed by atoms with E-state index in [0.29, 0.717) is 30.0 Å². The van der Waals surface area contributed by atoms with E-state index >= 15 is 0 Å². The number of methoxy groups -OCH3 is 1. The zero-order valence-corrected chi connectivity index (χ0v) is 20.6. The molecule has 0 spiro atoms. The number of aromatic amines is 1. The van der Waals surface area contributed by atoms with Gasteiger partial charge in [0, 0.05) is 23.3 Å². The Morgan fingerprint density at radius 2 is 1.63 bits per heavy atom. The van der Waals surface area contributed by atoms with Crippen LogP contribution in [-0.4, -0.2) is 29.6 Å². The highest BCUT2D eigenvalue weighted by Gasteiger charge is 2.17. The molecule has 0 saturated carbocycles. The first-order valence-corrected chi connectivity index (χ1v) is 11.7. The lowest BCUT2D eigenvalue weighted by molar-refractivity contribution is 0.209. The van der Waals surface area contributed by atoms with E-state index in [4.69, 9.17) is 4.74 Å². The lowest BCUT2D eigenvalue weighted by Crippen LogP contribution is -2.37. The summed E-state index contributed by atoms with van der Waals surface area (Å²) in [5.74, 6) is 0.715. The minimum atomic E-state index is -0.261. The summed E-state index contributed by atoms with van der Waals surface area (Å²) in [6, 6.07) is 21.0. The van der Waals surface area contributed by atoms with E-state index < -0.39 is 0 Å². The highest BCUT2D eigenvalue weighted by atomic mass is 16.5. The SMILES string of the molecule is COc1ccc(NC(=O)N(CCc2ccccc2C)Cc2cc3cc(C)c(C)cc3[nH]c2=O)cc1. The number of aryl methyl sites for hydroxylation is 3. The standard InChI is InChI=1S/C29H31N3O3/c1-19-7-5-6-8-22(19)13-14-32(29(34)30-25-9-11-26(35-4)12-10-25)18-24-17-23-15-20(2)21(3)16-27(23)31-28(24)33/h5-12,15-17H,13-14,18H2,1-4H3,(H,30,34)(H,31,33). The van der Waals surface area contributed by atoms with E-state index in [9.17, 15) is 9.59 Å². The van der Waals surface area contributed by atoms with Gasteiger partial charge in [-0.1, -0.05) is 24.3 Å². The van der Waals surface area contributed by atoms with Gasteiger partial charge in [-0.3, -0.25) is 4.79 Å². The Bertz CT molecular complexity index is 1410. The van der Waals surface area contributed by atoms with Gasteiger partial charge in [0.2, 0.25) is 0 Å². The molecule has 4 aromatic rings. The van der Waals surface area contributed by atoms with Crippen LogP contribution in [0.1, 0.15) is 27.8 Å². The second kappa shape index (κ2) is 10.5. The molecular formula is C29H31N3O3. The van der Waals surface area contributed by atoms with E-state index in [1.165, 1.54) is 11.1 Å². The second-order valence-corrected chi connectivity index (χ2v) is 8.90. The first-order valence-electron chi connectivity index (χ1n) is 11.7. The number of urea groups is 1. The zero-order chi connectivity index (χ0) is 24.9. The summed E-state index contributed by atoms with van der Waals surface area (Å²) in [6.45, 7) is 6.81. The summed E-state index contributed by atoms with van der Waals surface area (Å²) in [6.07, 6.45) is 0.687. The van der Waals surface area contributed by atoms with Crippen molar-refractivity contribution in [1.29, 1.82) is 0 Å². The Labute approximate surface area is 205 Å². The predicted molar refractivity (Wildman–Crippen MR) is 141 cm³/mol. The highest BCUT2D eigenvalue weighted by molar-refractivity contribution is 5.89. The molecule has 0 saturated heterocycles. The van der Waals surface area contributed by atoms with Crippen LogP contribution < -0.4 is 15.6 Å². The predicted octanol–water partition coefficient (Wildman–Crippen LogP) is 5.74. The number of hydrogen-bond donors (Lipinski definition) is 2. The molecule has 0 bridgehead atoms. The average Bonchev–Trinajstić information content (AvgIpc) is 2.84. The number of fused-ring (bicyclic) bond motifs is 1. The fraction of sp³-hybridized carbons (Fsp3) is 0.241. The number of benzene rings is 3. The number of nitrogens with zero attached hydrogens (tertiary/aromatic N) is 1. The van der Waals surface area contributed by atoms with E-state index in [2.05, 4.69) is 42.3 Å².